The molecule has 7 nitrogen and oxygen atoms in total. The van der Waals surface area contributed by atoms with Gasteiger partial charge in [-0.1, -0.05) is 11.6 Å². The minimum Gasteiger partial charge on any atom is -0.356 e. The van der Waals surface area contributed by atoms with E-state index in [0.29, 0.717) is 17.0 Å². The number of aromatic amines is 1. The molecule has 150 valence electrons. The SMILES string of the molecule is O=C(CNC(=O)c1ccc(Cl)cc1)CC1CCCN(c2ncnc3[nH]ccc23)C1. The molecule has 1 fully saturated rings. The minimum absolute atomic E-state index is 0.0352. The van der Waals surface area contributed by atoms with Crippen molar-refractivity contribution < 1.29 is 9.59 Å². The van der Waals surface area contributed by atoms with Crippen LogP contribution in [0.5, 0.6) is 0 Å². The first kappa shape index (κ1) is 19.4. The van der Waals surface area contributed by atoms with Crippen LogP contribution in [-0.2, 0) is 4.79 Å². The lowest BCUT2D eigenvalue weighted by Gasteiger charge is -2.33. The highest BCUT2D eigenvalue weighted by molar-refractivity contribution is 6.30. The maximum absolute atomic E-state index is 12.4. The average molecular weight is 412 g/mol. The van der Waals surface area contributed by atoms with E-state index in [1.54, 1.807) is 30.6 Å². The number of amides is 1. The van der Waals surface area contributed by atoms with Crippen molar-refractivity contribution in [3.8, 4) is 0 Å². The molecule has 1 aromatic carbocycles. The first-order valence-corrected chi connectivity index (χ1v) is 10.1. The number of aromatic nitrogens is 3. The lowest BCUT2D eigenvalue weighted by Crippen LogP contribution is -2.38. The van der Waals surface area contributed by atoms with Crippen molar-refractivity contribution in [1.82, 2.24) is 20.3 Å². The number of hydrogen-bond acceptors (Lipinski definition) is 5. The van der Waals surface area contributed by atoms with Gasteiger partial charge in [-0.15, -0.1) is 0 Å². The fraction of sp³-hybridized carbons (Fsp3) is 0.333. The molecule has 0 radical (unpaired) electrons. The summed E-state index contributed by atoms with van der Waals surface area (Å²) in [6.07, 6.45) is 5.87. The molecule has 29 heavy (non-hydrogen) atoms. The molecule has 3 heterocycles. The van der Waals surface area contributed by atoms with Gasteiger partial charge in [0, 0.05) is 36.3 Å². The molecular formula is C21H22ClN5O2. The van der Waals surface area contributed by atoms with Crippen molar-refractivity contribution in [2.45, 2.75) is 19.3 Å². The summed E-state index contributed by atoms with van der Waals surface area (Å²) < 4.78 is 0. The Morgan fingerprint density at radius 1 is 1.21 bits per heavy atom. The second kappa shape index (κ2) is 8.61. The van der Waals surface area contributed by atoms with Crippen molar-refractivity contribution >= 4 is 40.1 Å². The summed E-state index contributed by atoms with van der Waals surface area (Å²) in [5.41, 5.74) is 1.31. The van der Waals surface area contributed by atoms with Crippen LogP contribution in [0.15, 0.2) is 42.9 Å². The van der Waals surface area contributed by atoms with Gasteiger partial charge in [-0.05, 0) is 49.1 Å². The van der Waals surface area contributed by atoms with Gasteiger partial charge in [0.15, 0.2) is 5.78 Å². The van der Waals surface area contributed by atoms with Crippen molar-refractivity contribution in [3.05, 3.63) is 53.4 Å². The summed E-state index contributed by atoms with van der Waals surface area (Å²) in [4.78, 5) is 38.6. The summed E-state index contributed by atoms with van der Waals surface area (Å²) in [5.74, 6) is 0.918. The third kappa shape index (κ3) is 4.56. The van der Waals surface area contributed by atoms with Crippen LogP contribution in [0, 0.1) is 5.92 Å². The zero-order chi connectivity index (χ0) is 20.2. The molecule has 4 rings (SSSR count). The van der Waals surface area contributed by atoms with Gasteiger partial charge in [0.25, 0.3) is 5.91 Å². The van der Waals surface area contributed by atoms with Crippen LogP contribution in [0.1, 0.15) is 29.6 Å². The standard InChI is InChI=1S/C21H22ClN5O2/c22-16-5-3-15(4-6-16)21(29)24-11-17(28)10-14-2-1-9-27(12-14)20-18-7-8-23-19(18)25-13-26-20/h3-8,13-14H,1-2,9-12H2,(H,24,29)(H,23,25,26). The second-order valence-electron chi connectivity index (χ2n) is 7.32. The number of rotatable bonds is 6. The van der Waals surface area contributed by atoms with Crippen LogP contribution in [0.3, 0.4) is 0 Å². The number of halogens is 1. The van der Waals surface area contributed by atoms with Crippen LogP contribution < -0.4 is 10.2 Å². The van der Waals surface area contributed by atoms with Gasteiger partial charge in [-0.3, -0.25) is 9.59 Å². The molecule has 1 aliphatic heterocycles. The average Bonchev–Trinajstić information content (AvgIpc) is 3.22. The van der Waals surface area contributed by atoms with Crippen molar-refractivity contribution in [1.29, 1.82) is 0 Å². The Kier molecular flexibility index (Phi) is 5.76. The maximum atomic E-state index is 12.4. The van der Waals surface area contributed by atoms with Gasteiger partial charge in [-0.2, -0.15) is 0 Å². The molecule has 8 heteroatoms. The van der Waals surface area contributed by atoms with Gasteiger partial charge < -0.3 is 15.2 Å². The number of hydrogen-bond donors (Lipinski definition) is 2. The molecule has 2 N–H and O–H groups in total. The van der Waals surface area contributed by atoms with E-state index in [2.05, 4.69) is 25.2 Å². The Bertz CT molecular complexity index is 1020. The fourth-order valence-electron chi connectivity index (χ4n) is 3.81. The number of fused-ring (bicyclic) bond motifs is 1. The monoisotopic (exact) mass is 411 g/mol. The van der Waals surface area contributed by atoms with Crippen LogP contribution in [-0.4, -0.2) is 46.3 Å². The van der Waals surface area contributed by atoms with Crippen LogP contribution in [0.4, 0.5) is 5.82 Å². The number of H-pyrrole nitrogens is 1. The number of Topliss-reactive ketones (excluding diaryl/α,β-unsaturated/α-hetero) is 1. The molecule has 1 unspecified atom stereocenters. The zero-order valence-electron chi connectivity index (χ0n) is 15.9. The van der Waals surface area contributed by atoms with E-state index in [1.807, 2.05) is 12.3 Å². The lowest BCUT2D eigenvalue weighted by atomic mass is 9.92. The molecule has 1 atom stereocenters. The summed E-state index contributed by atoms with van der Waals surface area (Å²) in [7, 11) is 0. The zero-order valence-corrected chi connectivity index (χ0v) is 16.7. The fourth-order valence-corrected chi connectivity index (χ4v) is 3.94. The van der Waals surface area contributed by atoms with Crippen molar-refractivity contribution in [3.63, 3.8) is 0 Å². The van der Waals surface area contributed by atoms with E-state index >= 15 is 0 Å². The summed E-state index contributed by atoms with van der Waals surface area (Å²) >= 11 is 5.83. The van der Waals surface area contributed by atoms with E-state index in [0.717, 1.165) is 42.8 Å². The number of anilines is 1. The van der Waals surface area contributed by atoms with Crippen LogP contribution in [0.2, 0.25) is 5.02 Å². The van der Waals surface area contributed by atoms with Gasteiger partial charge >= 0.3 is 0 Å². The number of piperidine rings is 1. The predicted molar refractivity (Wildman–Crippen MR) is 112 cm³/mol. The number of carbonyl (C=O) groups is 2. The van der Waals surface area contributed by atoms with E-state index < -0.39 is 0 Å². The van der Waals surface area contributed by atoms with Crippen LogP contribution >= 0.6 is 11.6 Å². The molecule has 1 saturated heterocycles. The smallest absolute Gasteiger partial charge is 0.251 e. The molecule has 0 saturated carbocycles. The highest BCUT2D eigenvalue weighted by Crippen LogP contribution is 2.28. The summed E-state index contributed by atoms with van der Waals surface area (Å²) in [5, 5.41) is 4.27. The number of nitrogens with zero attached hydrogens (tertiary/aromatic N) is 3. The Balaban J connectivity index is 1.32. The largest absolute Gasteiger partial charge is 0.356 e. The molecule has 1 aliphatic rings. The van der Waals surface area contributed by atoms with Crippen molar-refractivity contribution in [2.75, 3.05) is 24.5 Å². The molecule has 0 bridgehead atoms. The Morgan fingerprint density at radius 3 is 2.86 bits per heavy atom. The summed E-state index contributed by atoms with van der Waals surface area (Å²) in [6, 6.07) is 8.58. The number of nitrogens with one attached hydrogen (secondary N) is 2. The molecular weight excluding hydrogens is 390 g/mol. The lowest BCUT2D eigenvalue weighted by molar-refractivity contribution is -0.119. The maximum Gasteiger partial charge on any atom is 0.251 e. The first-order valence-electron chi connectivity index (χ1n) is 9.68. The van der Waals surface area contributed by atoms with E-state index in [4.69, 9.17) is 11.6 Å². The third-order valence-corrected chi connectivity index (χ3v) is 5.47. The topological polar surface area (TPSA) is 91.0 Å². The predicted octanol–water partition coefficient (Wildman–Crippen LogP) is 3.22. The van der Waals surface area contributed by atoms with Gasteiger partial charge in [-0.25, -0.2) is 9.97 Å². The third-order valence-electron chi connectivity index (χ3n) is 5.22. The highest BCUT2D eigenvalue weighted by Gasteiger charge is 2.24. The van der Waals surface area contributed by atoms with Gasteiger partial charge in [0.1, 0.15) is 17.8 Å². The molecule has 0 spiro atoms. The Hall–Kier alpha value is -2.93. The van der Waals surface area contributed by atoms with Gasteiger partial charge in [0.05, 0.1) is 11.9 Å². The normalized spacial score (nSPS) is 16.7. The number of benzene rings is 1. The van der Waals surface area contributed by atoms with Crippen molar-refractivity contribution in [2.24, 2.45) is 5.92 Å². The van der Waals surface area contributed by atoms with E-state index in [-0.39, 0.29) is 24.2 Å². The number of ketones is 1. The quantitative estimate of drug-likeness (QED) is 0.649. The van der Waals surface area contributed by atoms with E-state index in [1.165, 1.54) is 0 Å². The summed E-state index contributed by atoms with van der Waals surface area (Å²) in [6.45, 7) is 1.72. The second-order valence-corrected chi connectivity index (χ2v) is 7.76. The number of carbonyl (C=O) groups excluding carboxylic acids is 2. The Labute approximate surface area is 173 Å². The van der Waals surface area contributed by atoms with E-state index in [9.17, 15) is 9.59 Å². The highest BCUT2D eigenvalue weighted by atomic mass is 35.5. The molecule has 2 aromatic heterocycles. The molecule has 3 aromatic rings. The van der Waals surface area contributed by atoms with Crippen LogP contribution in [0.25, 0.3) is 11.0 Å². The minimum atomic E-state index is -0.267. The van der Waals surface area contributed by atoms with Gasteiger partial charge in [0.2, 0.25) is 0 Å². The Morgan fingerprint density at radius 2 is 2.03 bits per heavy atom. The molecule has 0 aliphatic carbocycles. The molecule has 1 amide bonds. The first-order chi connectivity index (χ1) is 14.1.